The average molecular weight is 409 g/mol. The van der Waals surface area contributed by atoms with Gasteiger partial charge < -0.3 is 9.30 Å². The summed E-state index contributed by atoms with van der Waals surface area (Å²) in [5.74, 6) is 1.72. The number of rotatable bonds is 3. The molecule has 0 saturated carbocycles. The normalized spacial score (nSPS) is 22.2. The minimum Gasteiger partial charge on any atom is -0.381 e. The van der Waals surface area contributed by atoms with Crippen LogP contribution in [0.1, 0.15) is 30.4 Å². The predicted molar refractivity (Wildman–Crippen MR) is 106 cm³/mol. The molecular weight excluding hydrogens is 388 g/mol. The maximum atomic E-state index is 5.62. The Hall–Kier alpha value is -1.91. The highest BCUT2D eigenvalue weighted by Gasteiger charge is 2.46. The minimum absolute atomic E-state index is 0.200. The fourth-order valence-corrected chi connectivity index (χ4v) is 5.11. The average Bonchev–Trinajstić information content (AvgIpc) is 3.25. The molecule has 4 heteroatoms. The van der Waals surface area contributed by atoms with Gasteiger partial charge in [0.2, 0.25) is 0 Å². The van der Waals surface area contributed by atoms with Crippen LogP contribution in [0.25, 0.3) is 11.4 Å². The second-order valence-corrected chi connectivity index (χ2v) is 8.21. The van der Waals surface area contributed by atoms with E-state index in [1.165, 1.54) is 16.7 Å². The summed E-state index contributed by atoms with van der Waals surface area (Å²) in [6.07, 6.45) is 7.41. The summed E-state index contributed by atoms with van der Waals surface area (Å²) in [4.78, 5) is 4.70. The van der Waals surface area contributed by atoms with Gasteiger partial charge in [-0.25, -0.2) is 4.98 Å². The molecule has 1 fully saturated rings. The Bertz CT molecular complexity index is 945. The Balaban J connectivity index is 1.75. The van der Waals surface area contributed by atoms with Gasteiger partial charge in [0.1, 0.15) is 5.82 Å². The van der Waals surface area contributed by atoms with Gasteiger partial charge >= 0.3 is 0 Å². The minimum atomic E-state index is -0.200. The van der Waals surface area contributed by atoms with E-state index >= 15 is 0 Å². The number of ether oxygens (including phenoxy) is 1. The molecule has 2 aliphatic rings. The lowest BCUT2D eigenvalue weighted by atomic mass is 9.74. The lowest BCUT2D eigenvalue weighted by molar-refractivity contribution is 0.0566. The van der Waals surface area contributed by atoms with E-state index in [0.29, 0.717) is 5.92 Å². The highest BCUT2D eigenvalue weighted by molar-refractivity contribution is 9.10. The van der Waals surface area contributed by atoms with E-state index in [4.69, 9.17) is 9.72 Å². The quantitative estimate of drug-likeness (QED) is 0.592. The van der Waals surface area contributed by atoms with Crippen LogP contribution in [0, 0.1) is 5.92 Å². The molecule has 0 radical (unpaired) electrons. The summed E-state index contributed by atoms with van der Waals surface area (Å²) in [6, 6.07) is 17.5. The number of hydrogen-bond donors (Lipinski definition) is 0. The molecule has 3 aromatic rings. The molecule has 1 atom stereocenters. The SMILES string of the molecule is Brc1cccc(C2(CC3CCOCC3)c3ccccc3-c3nccn32)c1. The van der Waals surface area contributed by atoms with E-state index in [1.54, 1.807) is 0 Å². The van der Waals surface area contributed by atoms with Crippen LogP contribution in [0.5, 0.6) is 0 Å². The molecule has 1 saturated heterocycles. The first-order valence-corrected chi connectivity index (χ1v) is 10.1. The van der Waals surface area contributed by atoms with Crippen molar-refractivity contribution in [2.75, 3.05) is 13.2 Å². The number of benzene rings is 2. The third kappa shape index (κ3) is 2.39. The Morgan fingerprint density at radius 2 is 1.96 bits per heavy atom. The third-order valence-corrected chi connectivity index (χ3v) is 6.39. The Morgan fingerprint density at radius 1 is 1.12 bits per heavy atom. The van der Waals surface area contributed by atoms with Crippen molar-refractivity contribution in [3.63, 3.8) is 0 Å². The molecule has 3 heterocycles. The van der Waals surface area contributed by atoms with E-state index in [2.05, 4.69) is 75.2 Å². The summed E-state index contributed by atoms with van der Waals surface area (Å²) < 4.78 is 9.13. The summed E-state index contributed by atoms with van der Waals surface area (Å²) in [7, 11) is 0. The van der Waals surface area contributed by atoms with Gasteiger partial charge in [0.05, 0.1) is 5.54 Å². The van der Waals surface area contributed by atoms with Gasteiger partial charge in [0, 0.05) is 35.6 Å². The predicted octanol–water partition coefficient (Wildman–Crippen LogP) is 5.23. The number of fused-ring (bicyclic) bond motifs is 3. The monoisotopic (exact) mass is 408 g/mol. The zero-order valence-corrected chi connectivity index (χ0v) is 16.2. The lowest BCUT2D eigenvalue weighted by Gasteiger charge is -2.38. The molecule has 0 amide bonds. The summed E-state index contributed by atoms with van der Waals surface area (Å²) >= 11 is 3.68. The fourth-order valence-electron chi connectivity index (χ4n) is 4.71. The Kier molecular flexibility index (Phi) is 3.98. The van der Waals surface area contributed by atoms with Crippen LogP contribution in [-0.4, -0.2) is 22.8 Å². The molecule has 0 spiro atoms. The number of hydrogen-bond acceptors (Lipinski definition) is 2. The first-order valence-electron chi connectivity index (χ1n) is 9.26. The summed E-state index contributed by atoms with van der Waals surface area (Å²) in [5.41, 5.74) is 3.74. The second kappa shape index (κ2) is 6.36. The third-order valence-electron chi connectivity index (χ3n) is 5.89. The van der Waals surface area contributed by atoms with Crippen LogP contribution >= 0.6 is 15.9 Å². The van der Waals surface area contributed by atoms with Gasteiger partial charge in [-0.1, -0.05) is 52.3 Å². The van der Waals surface area contributed by atoms with E-state index in [1.807, 2.05) is 6.20 Å². The van der Waals surface area contributed by atoms with Crippen LogP contribution in [0.4, 0.5) is 0 Å². The summed E-state index contributed by atoms with van der Waals surface area (Å²) in [5, 5.41) is 0. The topological polar surface area (TPSA) is 27.1 Å². The number of nitrogens with zero attached hydrogens (tertiary/aromatic N) is 2. The highest BCUT2D eigenvalue weighted by Crippen LogP contribution is 2.51. The van der Waals surface area contributed by atoms with E-state index in [-0.39, 0.29) is 5.54 Å². The molecule has 2 aromatic carbocycles. The van der Waals surface area contributed by atoms with Gasteiger partial charge in [0.25, 0.3) is 0 Å². The van der Waals surface area contributed by atoms with Crippen LogP contribution in [0.15, 0.2) is 65.4 Å². The highest BCUT2D eigenvalue weighted by atomic mass is 79.9. The van der Waals surface area contributed by atoms with Gasteiger partial charge in [-0.05, 0) is 48.4 Å². The van der Waals surface area contributed by atoms with Crippen LogP contribution in [0.3, 0.4) is 0 Å². The van der Waals surface area contributed by atoms with Gasteiger partial charge in [-0.15, -0.1) is 0 Å². The van der Waals surface area contributed by atoms with E-state index < -0.39 is 0 Å². The standard InChI is InChI=1S/C22H21BrN2O/c23-18-5-3-4-17(14-18)22(15-16-8-12-26-13-9-16)20-7-2-1-6-19(20)21-24-10-11-25(21)22/h1-7,10-11,14,16H,8-9,12-13,15H2. The first-order chi connectivity index (χ1) is 12.8. The van der Waals surface area contributed by atoms with Crippen molar-refractivity contribution in [2.45, 2.75) is 24.8 Å². The van der Waals surface area contributed by atoms with Crippen molar-refractivity contribution in [2.24, 2.45) is 5.92 Å². The zero-order chi connectivity index (χ0) is 17.6. The maximum Gasteiger partial charge on any atom is 0.141 e. The van der Waals surface area contributed by atoms with Gasteiger partial charge in [-0.3, -0.25) is 0 Å². The molecule has 0 bridgehead atoms. The fraction of sp³-hybridized carbons (Fsp3) is 0.318. The molecule has 0 aliphatic carbocycles. The van der Waals surface area contributed by atoms with Crippen molar-refractivity contribution in [3.8, 4) is 11.4 Å². The smallest absolute Gasteiger partial charge is 0.141 e. The van der Waals surface area contributed by atoms with Gasteiger partial charge in [0.15, 0.2) is 0 Å². The largest absolute Gasteiger partial charge is 0.381 e. The van der Waals surface area contributed by atoms with Crippen LogP contribution in [-0.2, 0) is 10.3 Å². The number of aromatic nitrogens is 2. The molecular formula is C22H21BrN2O. The van der Waals surface area contributed by atoms with Crippen molar-refractivity contribution in [3.05, 3.63) is 76.5 Å². The van der Waals surface area contributed by atoms with Crippen LogP contribution in [0.2, 0.25) is 0 Å². The molecule has 0 N–H and O–H groups in total. The molecule has 2 aliphatic heterocycles. The maximum absolute atomic E-state index is 5.62. The molecule has 1 aromatic heterocycles. The Labute approximate surface area is 162 Å². The molecule has 5 rings (SSSR count). The van der Waals surface area contributed by atoms with Crippen molar-refractivity contribution >= 4 is 15.9 Å². The molecule has 132 valence electrons. The molecule has 26 heavy (non-hydrogen) atoms. The Morgan fingerprint density at radius 3 is 2.81 bits per heavy atom. The van der Waals surface area contributed by atoms with Crippen molar-refractivity contribution < 1.29 is 4.74 Å². The first kappa shape index (κ1) is 16.3. The molecule has 3 nitrogen and oxygen atoms in total. The lowest BCUT2D eigenvalue weighted by Crippen LogP contribution is -2.36. The van der Waals surface area contributed by atoms with E-state index in [9.17, 15) is 0 Å². The van der Waals surface area contributed by atoms with Crippen molar-refractivity contribution in [1.29, 1.82) is 0 Å². The zero-order valence-electron chi connectivity index (χ0n) is 14.6. The number of imidazole rings is 1. The second-order valence-electron chi connectivity index (χ2n) is 7.30. The van der Waals surface area contributed by atoms with Crippen molar-refractivity contribution in [1.82, 2.24) is 9.55 Å². The van der Waals surface area contributed by atoms with Crippen LogP contribution < -0.4 is 0 Å². The van der Waals surface area contributed by atoms with Gasteiger partial charge in [-0.2, -0.15) is 0 Å². The molecule has 1 unspecified atom stereocenters. The number of halogens is 1. The summed E-state index contributed by atoms with van der Waals surface area (Å²) in [6.45, 7) is 1.75. The van der Waals surface area contributed by atoms with E-state index in [0.717, 1.165) is 42.8 Å².